The van der Waals surface area contributed by atoms with Gasteiger partial charge in [0.1, 0.15) is 12.3 Å². The molecule has 28 heavy (non-hydrogen) atoms. The molecule has 150 valence electrons. The van der Waals surface area contributed by atoms with E-state index in [0.717, 1.165) is 5.56 Å². The summed E-state index contributed by atoms with van der Waals surface area (Å²) in [7, 11) is 0. The number of benzene rings is 1. The first-order chi connectivity index (χ1) is 13.3. The molecule has 0 atom stereocenters. The quantitative estimate of drug-likeness (QED) is 0.767. The molecular weight excluding hydrogens is 380 g/mol. The SMILES string of the molecule is Cc1cnn(CC(=O)N2CCC(COc3ccc(Cl)cc3)(CC(N)=O)CC2)c1. The standard InChI is InChI=1S/C20H25ClN4O3/c1-15-11-23-25(12-15)13-19(27)24-8-6-20(7-9-24,10-18(22)26)14-28-17-4-2-16(21)3-5-17/h2-5,11-12H,6-10,13-14H2,1H3,(H2,22,26). The summed E-state index contributed by atoms with van der Waals surface area (Å²) in [5.41, 5.74) is 6.14. The van der Waals surface area contributed by atoms with Crippen molar-refractivity contribution in [3.63, 3.8) is 0 Å². The van der Waals surface area contributed by atoms with Gasteiger partial charge in [-0.1, -0.05) is 11.6 Å². The number of primary amides is 1. The maximum Gasteiger partial charge on any atom is 0.244 e. The van der Waals surface area contributed by atoms with Crippen LogP contribution in [0.1, 0.15) is 24.8 Å². The summed E-state index contributed by atoms with van der Waals surface area (Å²) in [6.45, 7) is 3.66. The van der Waals surface area contributed by atoms with Crippen molar-refractivity contribution in [1.82, 2.24) is 14.7 Å². The number of nitrogens with zero attached hydrogens (tertiary/aromatic N) is 3. The van der Waals surface area contributed by atoms with E-state index in [1.54, 1.807) is 35.1 Å². The molecule has 0 unspecified atom stereocenters. The predicted molar refractivity (Wildman–Crippen MR) is 106 cm³/mol. The monoisotopic (exact) mass is 404 g/mol. The van der Waals surface area contributed by atoms with Crippen LogP contribution in [0.4, 0.5) is 0 Å². The van der Waals surface area contributed by atoms with Crippen molar-refractivity contribution in [2.75, 3.05) is 19.7 Å². The van der Waals surface area contributed by atoms with Gasteiger partial charge in [0, 0.05) is 36.1 Å². The summed E-state index contributed by atoms with van der Waals surface area (Å²) in [5.74, 6) is 0.363. The largest absolute Gasteiger partial charge is 0.493 e. The van der Waals surface area contributed by atoms with Crippen molar-refractivity contribution in [3.8, 4) is 5.75 Å². The van der Waals surface area contributed by atoms with Crippen LogP contribution >= 0.6 is 11.6 Å². The molecule has 0 spiro atoms. The van der Waals surface area contributed by atoms with Crippen molar-refractivity contribution < 1.29 is 14.3 Å². The summed E-state index contributed by atoms with van der Waals surface area (Å²) in [6, 6.07) is 7.11. The summed E-state index contributed by atoms with van der Waals surface area (Å²) in [5, 5.41) is 4.80. The highest BCUT2D eigenvalue weighted by Crippen LogP contribution is 2.36. The Kier molecular flexibility index (Phi) is 6.24. The molecule has 2 aromatic rings. The van der Waals surface area contributed by atoms with Crippen LogP contribution in [-0.4, -0.2) is 46.2 Å². The number of nitrogens with two attached hydrogens (primary N) is 1. The summed E-state index contributed by atoms with van der Waals surface area (Å²) in [4.78, 5) is 26.0. The lowest BCUT2D eigenvalue weighted by Crippen LogP contribution is -2.47. The molecule has 1 aliphatic heterocycles. The molecule has 0 radical (unpaired) electrons. The fraction of sp³-hybridized carbons (Fsp3) is 0.450. The molecule has 2 heterocycles. The van der Waals surface area contributed by atoms with E-state index in [2.05, 4.69) is 5.10 Å². The number of ether oxygens (including phenoxy) is 1. The van der Waals surface area contributed by atoms with Gasteiger partial charge >= 0.3 is 0 Å². The molecule has 0 aliphatic carbocycles. The number of aryl methyl sites for hydroxylation is 1. The van der Waals surface area contributed by atoms with Gasteiger partial charge in [-0.15, -0.1) is 0 Å². The smallest absolute Gasteiger partial charge is 0.244 e. The topological polar surface area (TPSA) is 90.4 Å². The van der Waals surface area contributed by atoms with Crippen LogP contribution in [0.2, 0.25) is 5.02 Å². The van der Waals surface area contributed by atoms with Gasteiger partial charge in [0.05, 0.1) is 12.8 Å². The van der Waals surface area contributed by atoms with Crippen LogP contribution in [0.3, 0.4) is 0 Å². The molecule has 1 aromatic heterocycles. The van der Waals surface area contributed by atoms with Crippen molar-refractivity contribution in [1.29, 1.82) is 0 Å². The zero-order chi connectivity index (χ0) is 20.1. The number of rotatable bonds is 7. The molecular formula is C20H25ClN4O3. The highest BCUT2D eigenvalue weighted by atomic mass is 35.5. The van der Waals surface area contributed by atoms with Gasteiger partial charge in [0.15, 0.2) is 0 Å². The van der Waals surface area contributed by atoms with Crippen LogP contribution in [0.15, 0.2) is 36.7 Å². The number of carbonyl (C=O) groups excluding carboxylic acids is 2. The van der Waals surface area contributed by atoms with E-state index >= 15 is 0 Å². The number of halogens is 1. The number of piperidine rings is 1. The zero-order valence-electron chi connectivity index (χ0n) is 15.9. The van der Waals surface area contributed by atoms with Crippen molar-refractivity contribution in [3.05, 3.63) is 47.2 Å². The van der Waals surface area contributed by atoms with E-state index in [4.69, 9.17) is 22.1 Å². The Hall–Kier alpha value is -2.54. The van der Waals surface area contributed by atoms with Crippen LogP contribution in [0.5, 0.6) is 5.75 Å². The Morgan fingerprint density at radius 2 is 1.93 bits per heavy atom. The van der Waals surface area contributed by atoms with Crippen molar-refractivity contribution in [2.24, 2.45) is 11.1 Å². The normalized spacial score (nSPS) is 16.0. The first-order valence-electron chi connectivity index (χ1n) is 9.29. The summed E-state index contributed by atoms with van der Waals surface area (Å²) >= 11 is 5.90. The predicted octanol–water partition coefficient (Wildman–Crippen LogP) is 2.41. The minimum absolute atomic E-state index is 0.0226. The molecule has 0 bridgehead atoms. The Morgan fingerprint density at radius 3 is 2.50 bits per heavy atom. The Labute approximate surface area is 169 Å². The maximum absolute atomic E-state index is 12.6. The number of hydrogen-bond donors (Lipinski definition) is 1. The van der Waals surface area contributed by atoms with E-state index in [-0.39, 0.29) is 30.2 Å². The first kappa shape index (κ1) is 20.2. The third-order valence-corrected chi connectivity index (χ3v) is 5.40. The second-order valence-electron chi connectivity index (χ2n) is 7.48. The van der Waals surface area contributed by atoms with E-state index in [1.165, 1.54) is 0 Å². The molecule has 1 aromatic carbocycles. The average Bonchev–Trinajstić information content (AvgIpc) is 3.06. The van der Waals surface area contributed by atoms with Gasteiger partial charge in [0.2, 0.25) is 11.8 Å². The maximum atomic E-state index is 12.6. The molecule has 7 nitrogen and oxygen atoms in total. The fourth-order valence-corrected chi connectivity index (χ4v) is 3.66. The number of amides is 2. The molecule has 1 aliphatic rings. The van der Waals surface area contributed by atoms with E-state index in [0.29, 0.717) is 43.3 Å². The van der Waals surface area contributed by atoms with E-state index in [9.17, 15) is 9.59 Å². The highest BCUT2D eigenvalue weighted by molar-refractivity contribution is 6.30. The molecule has 2 N–H and O–H groups in total. The number of likely N-dealkylation sites (tertiary alicyclic amines) is 1. The van der Waals surface area contributed by atoms with Gasteiger partial charge in [-0.3, -0.25) is 14.3 Å². The fourth-order valence-electron chi connectivity index (χ4n) is 3.53. The molecule has 1 fully saturated rings. The third kappa shape index (κ3) is 5.25. The average molecular weight is 405 g/mol. The molecule has 8 heteroatoms. The zero-order valence-corrected chi connectivity index (χ0v) is 16.7. The van der Waals surface area contributed by atoms with Gasteiger partial charge in [-0.05, 0) is 49.6 Å². The number of carbonyl (C=O) groups is 2. The minimum Gasteiger partial charge on any atom is -0.493 e. The third-order valence-electron chi connectivity index (χ3n) is 5.14. The molecule has 0 saturated carbocycles. The minimum atomic E-state index is -0.370. The first-order valence-corrected chi connectivity index (χ1v) is 9.67. The second kappa shape index (κ2) is 8.65. The van der Waals surface area contributed by atoms with Gasteiger partial charge in [-0.25, -0.2) is 0 Å². The van der Waals surface area contributed by atoms with Gasteiger partial charge < -0.3 is 15.4 Å². The number of hydrogen-bond acceptors (Lipinski definition) is 4. The summed E-state index contributed by atoms with van der Waals surface area (Å²) in [6.07, 6.45) is 5.14. The van der Waals surface area contributed by atoms with E-state index < -0.39 is 0 Å². The lowest BCUT2D eigenvalue weighted by Gasteiger charge is -2.41. The Morgan fingerprint density at radius 1 is 1.25 bits per heavy atom. The number of aromatic nitrogens is 2. The van der Waals surface area contributed by atoms with E-state index in [1.807, 2.05) is 18.0 Å². The lowest BCUT2D eigenvalue weighted by atomic mass is 9.76. The highest BCUT2D eigenvalue weighted by Gasteiger charge is 2.38. The van der Waals surface area contributed by atoms with Gasteiger partial charge in [-0.2, -0.15) is 5.10 Å². The second-order valence-corrected chi connectivity index (χ2v) is 7.92. The van der Waals surface area contributed by atoms with Crippen LogP contribution in [0.25, 0.3) is 0 Å². The Bertz CT molecular complexity index is 826. The molecule has 3 rings (SSSR count). The van der Waals surface area contributed by atoms with Crippen LogP contribution in [0, 0.1) is 12.3 Å². The lowest BCUT2D eigenvalue weighted by molar-refractivity contribution is -0.135. The van der Waals surface area contributed by atoms with Crippen LogP contribution < -0.4 is 10.5 Å². The molecule has 1 saturated heterocycles. The summed E-state index contributed by atoms with van der Waals surface area (Å²) < 4.78 is 7.56. The Balaban J connectivity index is 1.59. The van der Waals surface area contributed by atoms with Crippen LogP contribution in [-0.2, 0) is 16.1 Å². The van der Waals surface area contributed by atoms with Crippen molar-refractivity contribution in [2.45, 2.75) is 32.7 Å². The van der Waals surface area contributed by atoms with Crippen molar-refractivity contribution >= 4 is 23.4 Å². The molecule has 2 amide bonds. The van der Waals surface area contributed by atoms with Gasteiger partial charge in [0.25, 0.3) is 0 Å².